The molecule has 0 atom stereocenters. The number of aromatic nitrogens is 2. The normalized spacial score (nSPS) is 11.4. The molecule has 35 heavy (non-hydrogen) atoms. The summed E-state index contributed by atoms with van der Waals surface area (Å²) in [6, 6.07) is 15.2. The van der Waals surface area contributed by atoms with Crippen molar-refractivity contribution in [1.82, 2.24) is 9.66 Å². The molecule has 0 aliphatic rings. The minimum atomic E-state index is -0.217. The van der Waals surface area contributed by atoms with E-state index < -0.39 is 0 Å². The first kappa shape index (κ1) is 26.3. The smallest absolute Gasteiger partial charge is 0.282 e. The maximum absolute atomic E-state index is 13.1. The Hall–Kier alpha value is -1.76. The van der Waals surface area contributed by atoms with E-state index in [2.05, 4.69) is 80.5 Å². The second-order valence-electron chi connectivity index (χ2n) is 7.46. The first-order valence-electron chi connectivity index (χ1n) is 10.5. The van der Waals surface area contributed by atoms with Gasteiger partial charge in [-0.2, -0.15) is 9.78 Å². The van der Waals surface area contributed by atoms with Gasteiger partial charge in [-0.15, -0.1) is 0 Å². The van der Waals surface area contributed by atoms with E-state index in [9.17, 15) is 4.79 Å². The molecule has 3 aromatic carbocycles. The first-order valence-corrected chi connectivity index (χ1v) is 14.0. The highest BCUT2D eigenvalue weighted by Gasteiger charge is 2.14. The van der Waals surface area contributed by atoms with Gasteiger partial charge in [-0.25, -0.2) is 4.98 Å². The molecule has 0 amide bonds. The van der Waals surface area contributed by atoms with Crippen molar-refractivity contribution in [2.75, 3.05) is 7.11 Å². The molecule has 0 N–H and O–H groups in total. The lowest BCUT2D eigenvalue weighted by Crippen LogP contribution is -2.22. The maximum Gasteiger partial charge on any atom is 0.282 e. The summed E-state index contributed by atoms with van der Waals surface area (Å²) in [5, 5.41) is 4.98. The van der Waals surface area contributed by atoms with E-state index in [0.29, 0.717) is 41.3 Å². The number of hydrogen-bond acceptors (Lipinski definition) is 5. The summed E-state index contributed by atoms with van der Waals surface area (Å²) in [6.07, 6.45) is 2.20. The molecule has 0 bridgehead atoms. The van der Waals surface area contributed by atoms with Gasteiger partial charge in [0.1, 0.15) is 12.4 Å². The molecule has 4 rings (SSSR count). The highest BCUT2D eigenvalue weighted by molar-refractivity contribution is 14.1. The van der Waals surface area contributed by atoms with Crippen LogP contribution in [-0.4, -0.2) is 23.0 Å². The number of rotatable bonds is 7. The minimum Gasteiger partial charge on any atom is -0.493 e. The molecule has 0 saturated carbocycles. The van der Waals surface area contributed by atoms with Gasteiger partial charge in [-0.3, -0.25) is 4.79 Å². The fourth-order valence-corrected chi connectivity index (χ4v) is 5.71. The largest absolute Gasteiger partial charge is 0.493 e. The van der Waals surface area contributed by atoms with Gasteiger partial charge in [0.15, 0.2) is 11.5 Å². The molecule has 0 spiro atoms. The Labute approximate surface area is 241 Å². The van der Waals surface area contributed by atoms with Crippen LogP contribution in [0.15, 0.2) is 71.8 Å². The number of ether oxygens (including phenoxy) is 2. The van der Waals surface area contributed by atoms with Crippen molar-refractivity contribution in [2.24, 2.45) is 5.10 Å². The molecule has 1 aromatic heterocycles. The monoisotopic (exact) mass is 773 g/mol. The zero-order chi connectivity index (χ0) is 25.1. The average Bonchev–Trinajstić information content (AvgIpc) is 2.83. The van der Waals surface area contributed by atoms with Crippen LogP contribution in [0.25, 0.3) is 10.9 Å². The Morgan fingerprint density at radius 2 is 1.83 bits per heavy atom. The van der Waals surface area contributed by atoms with Gasteiger partial charge in [0.2, 0.25) is 0 Å². The summed E-state index contributed by atoms with van der Waals surface area (Å²) in [5.74, 6) is 1.81. The van der Waals surface area contributed by atoms with Crippen molar-refractivity contribution in [2.45, 2.75) is 20.0 Å². The molecule has 0 fully saturated rings. The van der Waals surface area contributed by atoms with Crippen LogP contribution < -0.4 is 15.0 Å². The minimum absolute atomic E-state index is 0.217. The number of fused-ring (bicyclic) bond motifs is 1. The van der Waals surface area contributed by atoms with Crippen LogP contribution in [0.3, 0.4) is 0 Å². The van der Waals surface area contributed by atoms with Crippen LogP contribution in [0.5, 0.6) is 11.5 Å². The van der Waals surface area contributed by atoms with Gasteiger partial charge in [-0.05, 0) is 70.6 Å². The number of benzene rings is 3. The maximum atomic E-state index is 13.1. The van der Waals surface area contributed by atoms with Gasteiger partial charge in [-0.1, -0.05) is 60.8 Å². The van der Waals surface area contributed by atoms with Crippen molar-refractivity contribution in [1.29, 1.82) is 0 Å². The zero-order valence-electron chi connectivity index (χ0n) is 18.7. The Bertz CT molecular complexity index is 1510. The number of hydrogen-bond donors (Lipinski definition) is 0. The lowest BCUT2D eigenvalue weighted by atomic mass is 10.2. The summed E-state index contributed by atoms with van der Waals surface area (Å²) < 4.78 is 16.7. The second kappa shape index (κ2) is 11.5. The van der Waals surface area contributed by atoms with E-state index in [4.69, 9.17) is 9.47 Å². The van der Waals surface area contributed by atoms with Crippen molar-refractivity contribution in [3.63, 3.8) is 0 Å². The standard InChI is InChI=1S/C25H19Br3IN3O3/c1-3-23-31-21-7-6-16(26)10-18(21)25(33)32(23)30-12-14-8-20(29)24(22(9-14)34-2)35-13-15-4-5-17(27)11-19(15)28/h4-12H,3,13H2,1-2H3. The Morgan fingerprint density at radius 1 is 1.09 bits per heavy atom. The third-order valence-electron chi connectivity index (χ3n) is 5.15. The highest BCUT2D eigenvalue weighted by atomic mass is 127. The number of halogens is 4. The average molecular weight is 776 g/mol. The van der Waals surface area contributed by atoms with E-state index in [-0.39, 0.29) is 5.56 Å². The molecular formula is C25H19Br3IN3O3. The summed E-state index contributed by atoms with van der Waals surface area (Å²) >= 11 is 12.7. The van der Waals surface area contributed by atoms with Crippen molar-refractivity contribution in [3.8, 4) is 11.5 Å². The Kier molecular flexibility index (Phi) is 8.67. The van der Waals surface area contributed by atoms with Crippen molar-refractivity contribution >= 4 is 87.5 Å². The number of methoxy groups -OCH3 is 1. The lowest BCUT2D eigenvalue weighted by Gasteiger charge is -2.14. The molecule has 6 nitrogen and oxygen atoms in total. The zero-order valence-corrected chi connectivity index (χ0v) is 25.6. The van der Waals surface area contributed by atoms with E-state index >= 15 is 0 Å². The van der Waals surface area contributed by atoms with Gasteiger partial charge in [0, 0.05) is 25.4 Å². The highest BCUT2D eigenvalue weighted by Crippen LogP contribution is 2.35. The van der Waals surface area contributed by atoms with Crippen LogP contribution in [0.2, 0.25) is 0 Å². The summed E-state index contributed by atoms with van der Waals surface area (Å²) in [7, 11) is 1.60. The topological polar surface area (TPSA) is 65.7 Å². The third-order valence-corrected chi connectivity index (χ3v) is 7.68. The van der Waals surface area contributed by atoms with Gasteiger partial charge >= 0.3 is 0 Å². The molecule has 0 aliphatic heterocycles. The van der Waals surface area contributed by atoms with Crippen LogP contribution >= 0.6 is 70.4 Å². The van der Waals surface area contributed by atoms with Crippen LogP contribution in [0, 0.1) is 3.57 Å². The van der Waals surface area contributed by atoms with Crippen LogP contribution in [0.4, 0.5) is 0 Å². The van der Waals surface area contributed by atoms with E-state index in [0.717, 1.165) is 28.1 Å². The summed E-state index contributed by atoms with van der Waals surface area (Å²) in [4.78, 5) is 17.7. The van der Waals surface area contributed by atoms with Crippen LogP contribution in [-0.2, 0) is 13.0 Å². The van der Waals surface area contributed by atoms with Crippen molar-refractivity contribution in [3.05, 3.63) is 92.8 Å². The second-order valence-corrected chi connectivity index (χ2v) is 11.3. The Balaban J connectivity index is 1.66. The first-order chi connectivity index (χ1) is 16.8. The molecular weight excluding hydrogens is 757 g/mol. The fraction of sp³-hybridized carbons (Fsp3) is 0.160. The molecule has 0 unspecified atom stereocenters. The Morgan fingerprint density at radius 3 is 2.54 bits per heavy atom. The van der Waals surface area contributed by atoms with Gasteiger partial charge in [0.25, 0.3) is 5.56 Å². The molecule has 4 aromatic rings. The molecule has 180 valence electrons. The molecule has 1 heterocycles. The molecule has 0 aliphatic carbocycles. The van der Waals surface area contributed by atoms with Crippen LogP contribution in [0.1, 0.15) is 23.9 Å². The molecule has 0 saturated heterocycles. The van der Waals surface area contributed by atoms with Crippen molar-refractivity contribution < 1.29 is 9.47 Å². The number of aryl methyl sites for hydroxylation is 1. The van der Waals surface area contributed by atoms with Gasteiger partial charge < -0.3 is 9.47 Å². The van der Waals surface area contributed by atoms with E-state index in [1.807, 2.05) is 49.4 Å². The summed E-state index contributed by atoms with van der Waals surface area (Å²) in [5.41, 5.74) is 2.22. The third kappa shape index (κ3) is 5.98. The SMILES string of the molecule is CCc1nc2ccc(Br)cc2c(=O)n1N=Cc1cc(I)c(OCc2ccc(Br)cc2Br)c(OC)c1. The predicted molar refractivity (Wildman–Crippen MR) is 158 cm³/mol. The quantitative estimate of drug-likeness (QED) is 0.146. The summed E-state index contributed by atoms with van der Waals surface area (Å²) in [6.45, 7) is 2.32. The molecule has 0 radical (unpaired) electrons. The van der Waals surface area contributed by atoms with E-state index in [1.54, 1.807) is 19.4 Å². The number of nitrogens with zero attached hydrogens (tertiary/aromatic N) is 3. The predicted octanol–water partition coefficient (Wildman–Crippen LogP) is 7.32. The van der Waals surface area contributed by atoms with Gasteiger partial charge in [0.05, 0.1) is 27.8 Å². The molecule has 10 heteroatoms. The lowest BCUT2D eigenvalue weighted by molar-refractivity contribution is 0.281. The van der Waals surface area contributed by atoms with E-state index in [1.165, 1.54) is 4.68 Å². The fourth-order valence-electron chi connectivity index (χ4n) is 3.41.